The molecule has 118 valence electrons. The smallest absolute Gasteiger partial charge is 0.242 e. The van der Waals surface area contributed by atoms with Crippen LogP contribution in [0.4, 0.5) is 5.69 Å². The van der Waals surface area contributed by atoms with Crippen molar-refractivity contribution in [1.82, 2.24) is 5.32 Å². The Morgan fingerprint density at radius 2 is 2.00 bits per heavy atom. The van der Waals surface area contributed by atoms with Gasteiger partial charge in [-0.15, -0.1) is 0 Å². The highest BCUT2D eigenvalue weighted by molar-refractivity contribution is 6.14. The molecule has 4 rings (SSSR count). The molecule has 0 atom stereocenters. The Morgan fingerprint density at radius 3 is 2.74 bits per heavy atom. The first kappa shape index (κ1) is 14.1. The van der Waals surface area contributed by atoms with Gasteiger partial charge in [0.15, 0.2) is 0 Å². The van der Waals surface area contributed by atoms with E-state index in [0.717, 1.165) is 12.1 Å². The minimum Gasteiger partial charge on any atom is -0.467 e. The van der Waals surface area contributed by atoms with Crippen LogP contribution in [0.2, 0.25) is 0 Å². The van der Waals surface area contributed by atoms with E-state index in [1.165, 1.54) is 5.56 Å². The van der Waals surface area contributed by atoms with Gasteiger partial charge in [-0.05, 0) is 43.0 Å². The van der Waals surface area contributed by atoms with Crippen molar-refractivity contribution >= 4 is 17.5 Å². The van der Waals surface area contributed by atoms with Gasteiger partial charge in [-0.25, -0.2) is 0 Å². The fourth-order valence-corrected chi connectivity index (χ4v) is 3.22. The normalized spacial score (nSPS) is 17.7. The lowest BCUT2D eigenvalue weighted by molar-refractivity contribution is -0.135. The van der Waals surface area contributed by atoms with Gasteiger partial charge < -0.3 is 14.6 Å². The van der Waals surface area contributed by atoms with Gasteiger partial charge in [-0.3, -0.25) is 9.59 Å². The number of nitrogens with one attached hydrogen (secondary N) is 1. The Hall–Kier alpha value is -2.56. The van der Waals surface area contributed by atoms with Gasteiger partial charge in [0.05, 0.1) is 12.8 Å². The van der Waals surface area contributed by atoms with Crippen molar-refractivity contribution in [3.63, 3.8) is 0 Å². The second-order valence-electron chi connectivity index (χ2n) is 6.18. The lowest BCUT2D eigenvalue weighted by Crippen LogP contribution is -2.44. The second kappa shape index (κ2) is 5.26. The van der Waals surface area contributed by atoms with Gasteiger partial charge in [-0.2, -0.15) is 0 Å². The molecule has 0 bridgehead atoms. The quantitative estimate of drug-likeness (QED) is 0.881. The molecule has 1 aromatic carbocycles. The van der Waals surface area contributed by atoms with Crippen LogP contribution >= 0.6 is 0 Å². The third-order valence-electron chi connectivity index (χ3n) is 4.73. The van der Waals surface area contributed by atoms with E-state index < -0.39 is 5.41 Å². The van der Waals surface area contributed by atoms with Crippen molar-refractivity contribution in [2.45, 2.75) is 25.8 Å². The Balaban J connectivity index is 1.48. The molecule has 2 aromatic rings. The molecule has 1 N–H and O–H groups in total. The zero-order valence-corrected chi connectivity index (χ0v) is 12.7. The van der Waals surface area contributed by atoms with Gasteiger partial charge in [0.2, 0.25) is 11.8 Å². The topological polar surface area (TPSA) is 62.6 Å². The monoisotopic (exact) mass is 310 g/mol. The Labute approximate surface area is 134 Å². The SMILES string of the molecule is O=C(NCc1ccco1)C1(C(=O)N2CCc3ccccc32)CC1. The zero-order valence-electron chi connectivity index (χ0n) is 12.7. The molecule has 2 aliphatic rings. The minimum absolute atomic E-state index is 0.0700. The van der Waals surface area contributed by atoms with Crippen LogP contribution in [0, 0.1) is 5.41 Å². The van der Waals surface area contributed by atoms with E-state index in [2.05, 4.69) is 5.32 Å². The van der Waals surface area contributed by atoms with E-state index in [1.54, 1.807) is 23.3 Å². The maximum absolute atomic E-state index is 12.9. The first-order valence-corrected chi connectivity index (χ1v) is 7.91. The zero-order chi connectivity index (χ0) is 15.9. The number of nitrogens with zero attached hydrogens (tertiary/aromatic N) is 1. The second-order valence-corrected chi connectivity index (χ2v) is 6.18. The molecule has 1 aromatic heterocycles. The summed E-state index contributed by atoms with van der Waals surface area (Å²) in [6.45, 7) is 0.975. The lowest BCUT2D eigenvalue weighted by Gasteiger charge is -2.23. The number of carbonyl (C=O) groups is 2. The van der Waals surface area contributed by atoms with Gasteiger partial charge in [-0.1, -0.05) is 18.2 Å². The molecule has 0 saturated heterocycles. The predicted molar refractivity (Wildman–Crippen MR) is 84.7 cm³/mol. The number of para-hydroxylation sites is 1. The summed E-state index contributed by atoms with van der Waals surface area (Å²) in [5.41, 5.74) is 1.24. The Bertz CT molecular complexity index is 747. The van der Waals surface area contributed by atoms with Crippen molar-refractivity contribution in [1.29, 1.82) is 0 Å². The van der Waals surface area contributed by atoms with E-state index in [9.17, 15) is 9.59 Å². The highest BCUT2D eigenvalue weighted by atomic mass is 16.3. The predicted octanol–water partition coefficient (Wildman–Crippen LogP) is 2.27. The molecule has 0 unspecified atom stereocenters. The number of amides is 2. The largest absolute Gasteiger partial charge is 0.467 e. The first-order chi connectivity index (χ1) is 11.2. The molecule has 1 aliphatic carbocycles. The van der Waals surface area contributed by atoms with E-state index in [1.807, 2.05) is 24.3 Å². The molecule has 2 amide bonds. The number of hydrogen-bond acceptors (Lipinski definition) is 3. The molecular formula is C18H18N2O3. The van der Waals surface area contributed by atoms with Crippen LogP contribution in [0.5, 0.6) is 0 Å². The Morgan fingerprint density at radius 1 is 1.17 bits per heavy atom. The van der Waals surface area contributed by atoms with Crippen LogP contribution in [0.25, 0.3) is 0 Å². The standard InChI is InChI=1S/C18H18N2O3/c21-16(19-12-14-5-3-11-23-14)18(8-9-18)17(22)20-10-7-13-4-1-2-6-15(13)20/h1-6,11H,7-10,12H2,(H,19,21). The number of furan rings is 1. The summed E-state index contributed by atoms with van der Waals surface area (Å²) >= 11 is 0. The number of carbonyl (C=O) groups excluding carboxylic acids is 2. The van der Waals surface area contributed by atoms with Gasteiger partial charge in [0, 0.05) is 12.2 Å². The molecule has 0 radical (unpaired) electrons. The Kier molecular flexibility index (Phi) is 3.22. The number of anilines is 1. The summed E-state index contributed by atoms with van der Waals surface area (Å²) in [6, 6.07) is 11.5. The van der Waals surface area contributed by atoms with Gasteiger partial charge in [0.25, 0.3) is 0 Å². The summed E-state index contributed by atoms with van der Waals surface area (Å²) < 4.78 is 5.21. The number of hydrogen-bond donors (Lipinski definition) is 1. The number of rotatable bonds is 4. The average molecular weight is 310 g/mol. The average Bonchev–Trinajstić information content (AvgIpc) is 3.03. The van der Waals surface area contributed by atoms with Crippen LogP contribution in [0.3, 0.4) is 0 Å². The maximum Gasteiger partial charge on any atom is 0.242 e. The molecule has 1 aliphatic heterocycles. The van der Waals surface area contributed by atoms with Crippen LogP contribution in [-0.2, 0) is 22.6 Å². The van der Waals surface area contributed by atoms with E-state index in [0.29, 0.717) is 31.7 Å². The minimum atomic E-state index is -0.885. The van der Waals surface area contributed by atoms with Gasteiger partial charge >= 0.3 is 0 Å². The highest BCUT2D eigenvalue weighted by Crippen LogP contribution is 2.49. The summed E-state index contributed by atoms with van der Waals surface area (Å²) in [5, 5.41) is 2.84. The number of fused-ring (bicyclic) bond motifs is 1. The summed E-state index contributed by atoms with van der Waals surface area (Å²) in [4.78, 5) is 27.2. The molecule has 5 nitrogen and oxygen atoms in total. The van der Waals surface area contributed by atoms with Crippen LogP contribution < -0.4 is 10.2 Å². The third-order valence-corrected chi connectivity index (χ3v) is 4.73. The summed E-state index contributed by atoms with van der Waals surface area (Å²) in [6.07, 6.45) is 3.66. The van der Waals surface area contributed by atoms with Crippen molar-refractivity contribution in [3.8, 4) is 0 Å². The fraction of sp³-hybridized carbons (Fsp3) is 0.333. The highest BCUT2D eigenvalue weighted by Gasteiger charge is 2.58. The summed E-state index contributed by atoms with van der Waals surface area (Å²) in [5.74, 6) is 0.427. The van der Waals surface area contributed by atoms with E-state index >= 15 is 0 Å². The van der Waals surface area contributed by atoms with Crippen LogP contribution in [-0.4, -0.2) is 18.4 Å². The molecule has 23 heavy (non-hydrogen) atoms. The molecule has 2 heterocycles. The van der Waals surface area contributed by atoms with Crippen molar-refractivity contribution in [3.05, 3.63) is 54.0 Å². The fourth-order valence-electron chi connectivity index (χ4n) is 3.22. The molecule has 1 fully saturated rings. The molecule has 1 saturated carbocycles. The van der Waals surface area contributed by atoms with E-state index in [-0.39, 0.29) is 11.8 Å². The molecular weight excluding hydrogens is 292 g/mol. The molecule has 5 heteroatoms. The van der Waals surface area contributed by atoms with Crippen molar-refractivity contribution in [2.24, 2.45) is 5.41 Å². The van der Waals surface area contributed by atoms with Crippen molar-refractivity contribution < 1.29 is 14.0 Å². The van der Waals surface area contributed by atoms with Crippen molar-refractivity contribution in [2.75, 3.05) is 11.4 Å². The first-order valence-electron chi connectivity index (χ1n) is 7.91. The lowest BCUT2D eigenvalue weighted by atomic mass is 10.0. The maximum atomic E-state index is 12.9. The number of benzene rings is 1. The van der Waals surface area contributed by atoms with Crippen LogP contribution in [0.1, 0.15) is 24.2 Å². The van der Waals surface area contributed by atoms with Crippen LogP contribution in [0.15, 0.2) is 47.1 Å². The third kappa shape index (κ3) is 2.32. The summed E-state index contributed by atoms with van der Waals surface area (Å²) in [7, 11) is 0. The molecule has 0 spiro atoms. The van der Waals surface area contributed by atoms with E-state index in [4.69, 9.17) is 4.42 Å². The van der Waals surface area contributed by atoms with Gasteiger partial charge in [0.1, 0.15) is 11.2 Å².